The third-order valence-electron chi connectivity index (χ3n) is 3.48. The minimum Gasteiger partial charge on any atom is -0.478 e. The molecule has 5 heteroatoms. The largest absolute Gasteiger partial charge is 0.478 e. The number of aromatic nitrogens is 2. The molecule has 1 aromatic carbocycles. The summed E-state index contributed by atoms with van der Waals surface area (Å²) in [4.78, 5) is 10.8. The number of rotatable bonds is 5. The number of benzene rings is 1. The lowest BCUT2D eigenvalue weighted by atomic mass is 10.1. The van der Waals surface area contributed by atoms with Crippen LogP contribution >= 0.6 is 0 Å². The van der Waals surface area contributed by atoms with Crippen LogP contribution in [0.4, 0.5) is 5.69 Å². The number of nitrogens with one attached hydrogen (secondary N) is 1. The Balaban J connectivity index is 2.11. The summed E-state index contributed by atoms with van der Waals surface area (Å²) in [7, 11) is 0. The fourth-order valence-corrected chi connectivity index (χ4v) is 2.38. The molecule has 0 aliphatic carbocycles. The minimum absolute atomic E-state index is 0.304. The molecule has 0 aliphatic heterocycles. The lowest BCUT2D eigenvalue weighted by Crippen LogP contribution is -2.06. The van der Waals surface area contributed by atoms with Gasteiger partial charge in [-0.2, -0.15) is 5.10 Å². The Hall–Kier alpha value is -2.30. The highest BCUT2D eigenvalue weighted by atomic mass is 16.4. The van der Waals surface area contributed by atoms with E-state index in [1.165, 1.54) is 0 Å². The van der Waals surface area contributed by atoms with Crippen LogP contribution in [0.2, 0.25) is 0 Å². The van der Waals surface area contributed by atoms with E-state index >= 15 is 0 Å². The predicted octanol–water partition coefficient (Wildman–Crippen LogP) is 3.39. The Morgan fingerprint density at radius 1 is 1.29 bits per heavy atom. The summed E-state index contributed by atoms with van der Waals surface area (Å²) in [6, 6.07) is 7.23. The van der Waals surface area contributed by atoms with Gasteiger partial charge in [0, 0.05) is 12.6 Å². The van der Waals surface area contributed by atoms with E-state index in [1.54, 1.807) is 12.1 Å². The van der Waals surface area contributed by atoms with Gasteiger partial charge in [-0.3, -0.25) is 4.68 Å². The Morgan fingerprint density at radius 2 is 1.90 bits per heavy atom. The molecule has 0 spiro atoms. The molecule has 0 fully saturated rings. The van der Waals surface area contributed by atoms with Crippen molar-refractivity contribution in [3.8, 4) is 0 Å². The fourth-order valence-electron chi connectivity index (χ4n) is 2.38. The standard InChI is InChI=1S/C16H21N3O2/c1-10(2)19-12(4)15(11(3)18-19)17-9-13-5-7-14(8-6-13)16(20)21/h5-8,10,17H,9H2,1-4H3,(H,20,21). The first-order chi connectivity index (χ1) is 9.90. The van der Waals surface area contributed by atoms with Gasteiger partial charge in [-0.1, -0.05) is 12.1 Å². The van der Waals surface area contributed by atoms with Crippen LogP contribution in [0.15, 0.2) is 24.3 Å². The number of anilines is 1. The van der Waals surface area contributed by atoms with Crippen molar-refractivity contribution in [2.24, 2.45) is 0 Å². The predicted molar refractivity (Wildman–Crippen MR) is 82.8 cm³/mol. The quantitative estimate of drug-likeness (QED) is 0.884. The Bertz CT molecular complexity index is 642. The molecule has 1 aromatic heterocycles. The van der Waals surface area contributed by atoms with Gasteiger partial charge in [0.2, 0.25) is 0 Å². The maximum absolute atomic E-state index is 10.8. The number of aromatic carboxylic acids is 1. The van der Waals surface area contributed by atoms with Gasteiger partial charge in [0.15, 0.2) is 0 Å². The van der Waals surface area contributed by atoms with E-state index in [-0.39, 0.29) is 0 Å². The van der Waals surface area contributed by atoms with Gasteiger partial charge in [-0.05, 0) is 45.4 Å². The van der Waals surface area contributed by atoms with E-state index < -0.39 is 5.97 Å². The molecule has 0 radical (unpaired) electrons. The molecule has 21 heavy (non-hydrogen) atoms. The van der Waals surface area contributed by atoms with Crippen LogP contribution in [-0.4, -0.2) is 20.9 Å². The lowest BCUT2D eigenvalue weighted by molar-refractivity contribution is 0.0697. The van der Waals surface area contributed by atoms with Crippen molar-refractivity contribution in [1.29, 1.82) is 0 Å². The molecule has 0 saturated heterocycles. The number of hydrogen-bond acceptors (Lipinski definition) is 3. The molecular weight excluding hydrogens is 266 g/mol. The molecule has 0 atom stereocenters. The summed E-state index contributed by atoms with van der Waals surface area (Å²) >= 11 is 0. The summed E-state index contributed by atoms with van der Waals surface area (Å²) in [5, 5.41) is 16.8. The Morgan fingerprint density at radius 3 is 2.38 bits per heavy atom. The van der Waals surface area contributed by atoms with Gasteiger partial charge < -0.3 is 10.4 Å². The summed E-state index contributed by atoms with van der Waals surface area (Å²) < 4.78 is 2.01. The summed E-state index contributed by atoms with van der Waals surface area (Å²) in [5.74, 6) is -0.903. The van der Waals surface area contributed by atoms with Gasteiger partial charge in [0.25, 0.3) is 0 Å². The smallest absolute Gasteiger partial charge is 0.335 e. The number of nitrogens with zero attached hydrogens (tertiary/aromatic N) is 2. The third-order valence-corrected chi connectivity index (χ3v) is 3.48. The van der Waals surface area contributed by atoms with E-state index in [0.717, 1.165) is 22.6 Å². The molecule has 0 saturated carbocycles. The topological polar surface area (TPSA) is 67.2 Å². The molecule has 112 valence electrons. The molecule has 0 aliphatic rings. The van der Waals surface area contributed by atoms with Crippen LogP contribution in [0.5, 0.6) is 0 Å². The van der Waals surface area contributed by atoms with Crippen LogP contribution in [0.3, 0.4) is 0 Å². The second-order valence-corrected chi connectivity index (χ2v) is 5.44. The zero-order chi connectivity index (χ0) is 15.6. The van der Waals surface area contributed by atoms with Gasteiger partial charge in [-0.25, -0.2) is 4.79 Å². The van der Waals surface area contributed by atoms with E-state index in [4.69, 9.17) is 5.11 Å². The first kappa shape index (κ1) is 15.1. The number of carbonyl (C=O) groups is 1. The highest BCUT2D eigenvalue weighted by molar-refractivity contribution is 5.87. The molecule has 2 rings (SSSR count). The van der Waals surface area contributed by atoms with Crippen molar-refractivity contribution >= 4 is 11.7 Å². The highest BCUT2D eigenvalue weighted by Gasteiger charge is 2.13. The van der Waals surface area contributed by atoms with Crippen molar-refractivity contribution in [2.75, 3.05) is 5.32 Å². The monoisotopic (exact) mass is 287 g/mol. The summed E-state index contributed by atoms with van der Waals surface area (Å²) in [5.41, 5.74) is 4.48. The number of carboxylic acid groups (broad SMARTS) is 1. The van der Waals surface area contributed by atoms with Crippen LogP contribution in [-0.2, 0) is 6.54 Å². The Kier molecular flexibility index (Phi) is 4.31. The van der Waals surface area contributed by atoms with Crippen molar-refractivity contribution in [2.45, 2.75) is 40.3 Å². The average molecular weight is 287 g/mol. The van der Waals surface area contributed by atoms with Crippen LogP contribution in [0.1, 0.15) is 47.2 Å². The van der Waals surface area contributed by atoms with E-state index in [0.29, 0.717) is 18.2 Å². The maximum atomic E-state index is 10.8. The Labute approximate surface area is 124 Å². The lowest BCUT2D eigenvalue weighted by Gasteiger charge is -2.10. The summed E-state index contributed by atoms with van der Waals surface area (Å²) in [6.45, 7) is 8.89. The average Bonchev–Trinajstić information content (AvgIpc) is 2.72. The molecule has 2 N–H and O–H groups in total. The zero-order valence-electron chi connectivity index (χ0n) is 12.8. The van der Waals surface area contributed by atoms with Gasteiger partial charge in [-0.15, -0.1) is 0 Å². The first-order valence-electron chi connectivity index (χ1n) is 7.02. The van der Waals surface area contributed by atoms with Gasteiger partial charge >= 0.3 is 5.97 Å². The summed E-state index contributed by atoms with van der Waals surface area (Å²) in [6.07, 6.45) is 0. The van der Waals surface area contributed by atoms with Crippen LogP contribution in [0.25, 0.3) is 0 Å². The first-order valence-corrected chi connectivity index (χ1v) is 7.02. The number of carboxylic acids is 1. The van der Waals surface area contributed by atoms with E-state index in [2.05, 4.69) is 31.2 Å². The van der Waals surface area contributed by atoms with Crippen molar-refractivity contribution < 1.29 is 9.90 Å². The number of hydrogen-bond donors (Lipinski definition) is 2. The van der Waals surface area contributed by atoms with Crippen molar-refractivity contribution in [3.05, 3.63) is 46.8 Å². The maximum Gasteiger partial charge on any atom is 0.335 e. The normalized spacial score (nSPS) is 10.9. The molecule has 0 amide bonds. The van der Waals surface area contributed by atoms with E-state index in [9.17, 15) is 4.79 Å². The molecular formula is C16H21N3O2. The van der Waals surface area contributed by atoms with E-state index in [1.807, 2.05) is 23.7 Å². The second-order valence-electron chi connectivity index (χ2n) is 5.44. The molecule has 0 bridgehead atoms. The molecule has 2 aromatic rings. The zero-order valence-corrected chi connectivity index (χ0v) is 12.8. The van der Waals surface area contributed by atoms with Crippen molar-refractivity contribution in [3.63, 3.8) is 0 Å². The highest BCUT2D eigenvalue weighted by Crippen LogP contribution is 2.23. The van der Waals surface area contributed by atoms with Crippen LogP contribution in [0, 0.1) is 13.8 Å². The number of aryl methyl sites for hydroxylation is 1. The fraction of sp³-hybridized carbons (Fsp3) is 0.375. The van der Waals surface area contributed by atoms with Crippen molar-refractivity contribution in [1.82, 2.24) is 9.78 Å². The molecule has 1 heterocycles. The third kappa shape index (κ3) is 3.24. The SMILES string of the molecule is Cc1nn(C(C)C)c(C)c1NCc1ccc(C(=O)O)cc1. The van der Waals surface area contributed by atoms with Gasteiger partial charge in [0.05, 0.1) is 22.6 Å². The molecule has 0 unspecified atom stereocenters. The van der Waals surface area contributed by atoms with Gasteiger partial charge in [0.1, 0.15) is 0 Å². The minimum atomic E-state index is -0.903. The second kappa shape index (κ2) is 5.99. The van der Waals surface area contributed by atoms with Crippen LogP contribution < -0.4 is 5.32 Å². The molecule has 5 nitrogen and oxygen atoms in total.